The summed E-state index contributed by atoms with van der Waals surface area (Å²) in [7, 11) is 0. The summed E-state index contributed by atoms with van der Waals surface area (Å²) in [6, 6.07) is 35.2. The predicted molar refractivity (Wildman–Crippen MR) is 128 cm³/mol. The summed E-state index contributed by atoms with van der Waals surface area (Å²) < 4.78 is 7.89. The Hall–Kier alpha value is -3.62. The number of thiophene rings is 1. The number of hydrogen-bond acceptors (Lipinski definition) is 2. The molecule has 2 aliphatic carbocycles. The van der Waals surface area contributed by atoms with Crippen LogP contribution < -0.4 is 0 Å². The Morgan fingerprint density at radius 2 is 1.23 bits per heavy atom. The molecule has 1 atom stereocenters. The van der Waals surface area contributed by atoms with Gasteiger partial charge in [-0.05, 0) is 39.8 Å². The molecule has 2 heterocycles. The van der Waals surface area contributed by atoms with Crippen LogP contribution in [0.4, 0.5) is 0 Å². The molecule has 2 aliphatic rings. The third-order valence-corrected chi connectivity index (χ3v) is 8.30. The van der Waals surface area contributed by atoms with Gasteiger partial charge in [-0.25, -0.2) is 0 Å². The fraction of sp³-hybridized carbons (Fsp3) is 0.0345. The summed E-state index contributed by atoms with van der Waals surface area (Å²) >= 11 is 1.92. The van der Waals surface area contributed by atoms with Crippen molar-refractivity contribution in [1.29, 1.82) is 0 Å². The maximum atomic E-state index is 6.55. The van der Waals surface area contributed by atoms with Gasteiger partial charge in [0.25, 0.3) is 0 Å². The van der Waals surface area contributed by atoms with Crippen molar-refractivity contribution < 1.29 is 4.42 Å². The lowest BCUT2D eigenvalue weighted by Crippen LogP contribution is -2.25. The Morgan fingerprint density at radius 3 is 2.10 bits per heavy atom. The Labute approximate surface area is 183 Å². The molecule has 0 fully saturated rings. The second-order valence-electron chi connectivity index (χ2n) is 8.45. The molecule has 1 spiro atoms. The molecule has 0 N–H and O–H groups in total. The molecule has 0 radical (unpaired) electrons. The van der Waals surface area contributed by atoms with Crippen LogP contribution in [0.3, 0.4) is 0 Å². The zero-order valence-electron chi connectivity index (χ0n) is 16.6. The average molecular weight is 413 g/mol. The van der Waals surface area contributed by atoms with Gasteiger partial charge in [0.1, 0.15) is 11.3 Å². The van der Waals surface area contributed by atoms with Crippen molar-refractivity contribution in [3.8, 4) is 21.8 Å². The van der Waals surface area contributed by atoms with E-state index in [1.807, 2.05) is 11.3 Å². The van der Waals surface area contributed by atoms with E-state index in [1.165, 1.54) is 53.7 Å². The van der Waals surface area contributed by atoms with Crippen LogP contribution in [0, 0.1) is 0 Å². The van der Waals surface area contributed by atoms with Crippen LogP contribution in [0.15, 0.2) is 101 Å². The number of para-hydroxylation sites is 1. The zero-order chi connectivity index (χ0) is 20.2. The minimum atomic E-state index is -0.343. The number of furan rings is 1. The molecule has 4 aromatic carbocycles. The highest BCUT2D eigenvalue weighted by atomic mass is 32.1. The molecule has 0 amide bonds. The monoisotopic (exact) mass is 412 g/mol. The van der Waals surface area contributed by atoms with E-state index in [0.717, 1.165) is 11.3 Å². The van der Waals surface area contributed by atoms with Gasteiger partial charge in [-0.1, -0.05) is 84.9 Å². The first-order valence-corrected chi connectivity index (χ1v) is 11.4. The van der Waals surface area contributed by atoms with Crippen molar-refractivity contribution in [2.24, 2.45) is 0 Å². The Morgan fingerprint density at radius 1 is 0.581 bits per heavy atom. The van der Waals surface area contributed by atoms with Gasteiger partial charge < -0.3 is 4.42 Å². The fourth-order valence-corrected chi connectivity index (χ4v) is 7.34. The molecule has 1 nitrogen and oxygen atoms in total. The van der Waals surface area contributed by atoms with Gasteiger partial charge in [-0.2, -0.15) is 0 Å². The minimum absolute atomic E-state index is 0.343. The normalized spacial score (nSPS) is 17.8. The van der Waals surface area contributed by atoms with Crippen molar-refractivity contribution >= 4 is 32.4 Å². The van der Waals surface area contributed by atoms with Crippen molar-refractivity contribution in [3.05, 3.63) is 119 Å². The minimum Gasteiger partial charge on any atom is -0.456 e. The molecule has 6 aromatic rings. The largest absolute Gasteiger partial charge is 0.456 e. The summed E-state index contributed by atoms with van der Waals surface area (Å²) in [5.41, 5.74) is 8.63. The fourth-order valence-electron chi connectivity index (χ4n) is 6.04. The smallest absolute Gasteiger partial charge is 0.140 e. The van der Waals surface area contributed by atoms with Crippen LogP contribution >= 0.6 is 11.3 Å². The highest BCUT2D eigenvalue weighted by Crippen LogP contribution is 2.67. The first-order valence-electron chi connectivity index (χ1n) is 10.6. The molecular formula is C29H16OS. The summed E-state index contributed by atoms with van der Waals surface area (Å²) in [6.45, 7) is 0. The van der Waals surface area contributed by atoms with Crippen LogP contribution in [0.5, 0.6) is 0 Å². The van der Waals surface area contributed by atoms with Crippen LogP contribution in [0.1, 0.15) is 22.3 Å². The lowest BCUT2D eigenvalue weighted by molar-refractivity contribution is 0.629. The van der Waals surface area contributed by atoms with E-state index in [1.54, 1.807) is 0 Å². The molecule has 2 heteroatoms. The van der Waals surface area contributed by atoms with E-state index in [2.05, 4.69) is 97.1 Å². The van der Waals surface area contributed by atoms with Crippen molar-refractivity contribution in [3.63, 3.8) is 0 Å². The summed E-state index contributed by atoms with van der Waals surface area (Å²) in [5.74, 6) is 1.02. The van der Waals surface area contributed by atoms with E-state index in [-0.39, 0.29) is 5.41 Å². The second-order valence-corrected chi connectivity index (χ2v) is 9.50. The Bertz CT molecular complexity index is 1570. The molecule has 2 aromatic heterocycles. The Kier molecular flexibility index (Phi) is 2.78. The van der Waals surface area contributed by atoms with E-state index < -0.39 is 0 Å². The molecule has 0 bridgehead atoms. The predicted octanol–water partition coefficient (Wildman–Crippen LogP) is 7.99. The molecule has 0 saturated heterocycles. The summed E-state index contributed by atoms with van der Waals surface area (Å²) in [6.07, 6.45) is 0. The summed E-state index contributed by atoms with van der Waals surface area (Å²) in [5, 5.41) is 2.57. The van der Waals surface area contributed by atoms with E-state index in [0.29, 0.717) is 0 Å². The van der Waals surface area contributed by atoms with Gasteiger partial charge in [0.15, 0.2) is 0 Å². The van der Waals surface area contributed by atoms with Gasteiger partial charge >= 0.3 is 0 Å². The maximum absolute atomic E-state index is 6.55. The third kappa shape index (κ3) is 1.69. The van der Waals surface area contributed by atoms with Crippen molar-refractivity contribution in [2.75, 3.05) is 0 Å². The van der Waals surface area contributed by atoms with E-state index in [4.69, 9.17) is 4.42 Å². The average Bonchev–Trinajstić information content (AvgIpc) is 3.53. The standard InChI is InChI=1S/C29H16OS/c1-5-13-21-17(9-1)27-25(19-11-3-7-15-23(19)30-27)29(21)22-14-6-2-10-18(22)28-26(29)20-12-4-8-16-24(20)31-28/h1-16H. The van der Waals surface area contributed by atoms with Crippen LogP contribution in [-0.4, -0.2) is 0 Å². The molecule has 144 valence electrons. The van der Waals surface area contributed by atoms with Crippen LogP contribution in [-0.2, 0) is 5.41 Å². The third-order valence-electron chi connectivity index (χ3n) is 7.09. The summed E-state index contributed by atoms with van der Waals surface area (Å²) in [4.78, 5) is 1.39. The van der Waals surface area contributed by atoms with Crippen molar-refractivity contribution in [2.45, 2.75) is 5.41 Å². The lowest BCUT2D eigenvalue weighted by Gasteiger charge is -2.29. The highest BCUT2D eigenvalue weighted by molar-refractivity contribution is 7.22. The molecule has 0 aliphatic heterocycles. The molecule has 1 unspecified atom stereocenters. The van der Waals surface area contributed by atoms with Gasteiger partial charge in [-0.3, -0.25) is 0 Å². The van der Waals surface area contributed by atoms with E-state index in [9.17, 15) is 0 Å². The quantitative estimate of drug-likeness (QED) is 0.246. The Balaban J connectivity index is 1.69. The van der Waals surface area contributed by atoms with Gasteiger partial charge in [-0.15, -0.1) is 11.3 Å². The lowest BCUT2D eigenvalue weighted by atomic mass is 9.69. The molecule has 8 rings (SSSR count). The first kappa shape index (κ1) is 16.1. The molecule has 0 saturated carbocycles. The van der Waals surface area contributed by atoms with Crippen LogP contribution in [0.25, 0.3) is 42.8 Å². The number of fused-ring (bicyclic) bond motifs is 14. The highest BCUT2D eigenvalue weighted by Gasteiger charge is 2.55. The van der Waals surface area contributed by atoms with Crippen LogP contribution in [0.2, 0.25) is 0 Å². The van der Waals surface area contributed by atoms with Crippen molar-refractivity contribution in [1.82, 2.24) is 0 Å². The SMILES string of the molecule is c1ccc2c(c1)-c1oc3ccccc3c1C21c2ccccc2-c2sc3ccccc3c21. The number of rotatable bonds is 0. The first-order chi connectivity index (χ1) is 15.4. The number of benzene rings is 4. The second kappa shape index (κ2) is 5.35. The topological polar surface area (TPSA) is 13.1 Å². The van der Waals surface area contributed by atoms with Gasteiger partial charge in [0.2, 0.25) is 0 Å². The molecule has 31 heavy (non-hydrogen) atoms. The van der Waals surface area contributed by atoms with Gasteiger partial charge in [0, 0.05) is 26.1 Å². The van der Waals surface area contributed by atoms with Gasteiger partial charge in [0.05, 0.1) is 5.41 Å². The maximum Gasteiger partial charge on any atom is 0.140 e. The van der Waals surface area contributed by atoms with E-state index >= 15 is 0 Å². The number of hydrogen-bond donors (Lipinski definition) is 0. The molecular weight excluding hydrogens is 396 g/mol. The zero-order valence-corrected chi connectivity index (χ0v) is 17.4.